The van der Waals surface area contributed by atoms with Crippen molar-refractivity contribution in [3.8, 4) is 5.69 Å². The van der Waals surface area contributed by atoms with E-state index in [4.69, 9.17) is 29.6 Å². The van der Waals surface area contributed by atoms with E-state index < -0.39 is 0 Å². The maximum atomic E-state index is 6.00. The summed E-state index contributed by atoms with van der Waals surface area (Å²) >= 11 is 11.0. The average molecular weight is 266 g/mol. The van der Waals surface area contributed by atoms with E-state index >= 15 is 0 Å². The molecule has 5 heteroatoms. The van der Waals surface area contributed by atoms with E-state index in [0.29, 0.717) is 10.0 Å². The van der Waals surface area contributed by atoms with Crippen LogP contribution in [0.1, 0.15) is 16.8 Å². The molecule has 0 amide bonds. The Morgan fingerprint density at radius 3 is 2.65 bits per heavy atom. The number of halogens is 1. The lowest BCUT2D eigenvalue weighted by atomic mass is 10.1. The van der Waals surface area contributed by atoms with Gasteiger partial charge in [-0.3, -0.25) is 0 Å². The van der Waals surface area contributed by atoms with Gasteiger partial charge < -0.3 is 5.73 Å². The number of aryl methyl sites for hydroxylation is 2. The first-order valence-electron chi connectivity index (χ1n) is 5.11. The van der Waals surface area contributed by atoms with Gasteiger partial charge in [0.1, 0.15) is 4.99 Å². The zero-order valence-corrected chi connectivity index (χ0v) is 11.1. The molecule has 17 heavy (non-hydrogen) atoms. The van der Waals surface area contributed by atoms with E-state index in [1.807, 2.05) is 32.0 Å². The normalized spacial score (nSPS) is 10.5. The van der Waals surface area contributed by atoms with E-state index in [9.17, 15) is 0 Å². The zero-order valence-electron chi connectivity index (χ0n) is 9.57. The van der Waals surface area contributed by atoms with Crippen molar-refractivity contribution in [2.75, 3.05) is 0 Å². The van der Waals surface area contributed by atoms with Gasteiger partial charge in [-0.05, 0) is 26.0 Å². The molecule has 0 aliphatic carbocycles. The first-order valence-corrected chi connectivity index (χ1v) is 5.90. The van der Waals surface area contributed by atoms with Gasteiger partial charge in [-0.1, -0.05) is 35.4 Å². The third-order valence-corrected chi connectivity index (χ3v) is 3.09. The number of nitrogens with two attached hydrogens (primary N) is 1. The van der Waals surface area contributed by atoms with E-state index in [1.54, 1.807) is 10.9 Å². The van der Waals surface area contributed by atoms with E-state index in [-0.39, 0.29) is 0 Å². The predicted molar refractivity (Wildman–Crippen MR) is 73.9 cm³/mol. The summed E-state index contributed by atoms with van der Waals surface area (Å²) in [6, 6.07) is 5.87. The fraction of sp³-hybridized carbons (Fsp3) is 0.167. The van der Waals surface area contributed by atoms with Crippen molar-refractivity contribution in [2.45, 2.75) is 13.8 Å². The predicted octanol–water partition coefficient (Wildman–Crippen LogP) is 2.78. The van der Waals surface area contributed by atoms with Crippen LogP contribution in [0.25, 0.3) is 5.69 Å². The zero-order chi connectivity index (χ0) is 12.6. The first-order chi connectivity index (χ1) is 7.99. The Bertz CT molecular complexity index is 570. The highest BCUT2D eigenvalue weighted by atomic mass is 35.5. The Hall–Kier alpha value is -1.39. The van der Waals surface area contributed by atoms with E-state index in [2.05, 4.69) is 5.10 Å². The van der Waals surface area contributed by atoms with Crippen LogP contribution >= 0.6 is 23.8 Å². The van der Waals surface area contributed by atoms with Crippen LogP contribution in [0.2, 0.25) is 5.02 Å². The van der Waals surface area contributed by atoms with Crippen LogP contribution in [-0.4, -0.2) is 14.8 Å². The Balaban J connectivity index is 2.62. The summed E-state index contributed by atoms with van der Waals surface area (Å²) in [6.07, 6.45) is 1.75. The first kappa shape index (κ1) is 12.1. The third kappa shape index (κ3) is 2.33. The molecular formula is C12H12ClN3S. The van der Waals surface area contributed by atoms with Gasteiger partial charge in [0.2, 0.25) is 0 Å². The maximum absolute atomic E-state index is 6.00. The smallest absolute Gasteiger partial charge is 0.106 e. The van der Waals surface area contributed by atoms with Gasteiger partial charge >= 0.3 is 0 Å². The van der Waals surface area contributed by atoms with Crippen molar-refractivity contribution >= 4 is 28.8 Å². The van der Waals surface area contributed by atoms with Gasteiger partial charge in [-0.25, -0.2) is 4.68 Å². The second-order valence-electron chi connectivity index (χ2n) is 3.89. The fourth-order valence-corrected chi connectivity index (χ4v) is 1.90. The molecule has 0 saturated carbocycles. The summed E-state index contributed by atoms with van der Waals surface area (Å²) in [7, 11) is 0. The van der Waals surface area contributed by atoms with E-state index in [0.717, 1.165) is 22.5 Å². The lowest BCUT2D eigenvalue weighted by molar-refractivity contribution is 0.860. The third-order valence-electron chi connectivity index (χ3n) is 2.50. The van der Waals surface area contributed by atoms with Crippen LogP contribution in [0.15, 0.2) is 24.4 Å². The molecule has 0 unspecified atom stereocenters. The number of thiocarbonyl (C=S) groups is 1. The molecule has 3 nitrogen and oxygen atoms in total. The standard InChI is InChI=1S/C12H12ClN3S/c1-7-3-4-11(9(5-7)12(14)17)16-6-10(13)8(2)15-16/h3-6H,1-2H3,(H2,14,17). The summed E-state index contributed by atoms with van der Waals surface area (Å²) in [5.41, 5.74) is 9.26. The van der Waals surface area contributed by atoms with Gasteiger partial charge in [0.25, 0.3) is 0 Å². The lowest BCUT2D eigenvalue weighted by Gasteiger charge is -2.09. The highest BCUT2D eigenvalue weighted by Crippen LogP contribution is 2.20. The van der Waals surface area contributed by atoms with Gasteiger partial charge in [0, 0.05) is 11.8 Å². The largest absolute Gasteiger partial charge is 0.389 e. The Kier molecular flexibility index (Phi) is 3.17. The van der Waals surface area contributed by atoms with Gasteiger partial charge in [-0.2, -0.15) is 5.10 Å². The minimum Gasteiger partial charge on any atom is -0.389 e. The Labute approximate surface area is 110 Å². The second kappa shape index (κ2) is 4.47. The summed E-state index contributed by atoms with van der Waals surface area (Å²) < 4.78 is 1.70. The molecule has 1 aromatic carbocycles. The molecule has 0 aliphatic heterocycles. The SMILES string of the molecule is Cc1ccc(-n2cc(Cl)c(C)n2)c(C(N)=S)c1. The summed E-state index contributed by atoms with van der Waals surface area (Å²) in [6.45, 7) is 3.85. The number of hydrogen-bond acceptors (Lipinski definition) is 2. The van der Waals surface area contributed by atoms with Crippen molar-refractivity contribution in [3.05, 3.63) is 46.2 Å². The Morgan fingerprint density at radius 2 is 2.12 bits per heavy atom. The van der Waals surface area contributed by atoms with Gasteiger partial charge in [0.05, 0.1) is 16.4 Å². The van der Waals surface area contributed by atoms with Crippen LogP contribution in [0.3, 0.4) is 0 Å². The molecule has 0 fully saturated rings. The quantitative estimate of drug-likeness (QED) is 0.850. The van der Waals surface area contributed by atoms with Crippen LogP contribution in [-0.2, 0) is 0 Å². The highest BCUT2D eigenvalue weighted by Gasteiger charge is 2.10. The number of benzene rings is 1. The number of hydrogen-bond donors (Lipinski definition) is 1. The minimum atomic E-state index is 0.355. The molecule has 2 aromatic rings. The van der Waals surface area contributed by atoms with Crippen molar-refractivity contribution in [1.82, 2.24) is 9.78 Å². The molecule has 0 saturated heterocycles. The molecule has 0 radical (unpaired) electrons. The topological polar surface area (TPSA) is 43.8 Å². The number of rotatable bonds is 2. The molecule has 2 rings (SSSR count). The lowest BCUT2D eigenvalue weighted by Crippen LogP contribution is -2.14. The molecule has 0 aliphatic rings. The molecule has 1 heterocycles. The van der Waals surface area contributed by atoms with E-state index in [1.165, 1.54) is 0 Å². The molecule has 88 valence electrons. The van der Waals surface area contributed by atoms with Crippen LogP contribution in [0.4, 0.5) is 0 Å². The van der Waals surface area contributed by atoms with Gasteiger partial charge in [-0.15, -0.1) is 0 Å². The van der Waals surface area contributed by atoms with Crippen molar-refractivity contribution in [2.24, 2.45) is 5.73 Å². The summed E-state index contributed by atoms with van der Waals surface area (Å²) in [4.78, 5) is 0.355. The van der Waals surface area contributed by atoms with Crippen LogP contribution in [0.5, 0.6) is 0 Å². The summed E-state index contributed by atoms with van der Waals surface area (Å²) in [5.74, 6) is 0. The highest BCUT2D eigenvalue weighted by molar-refractivity contribution is 7.80. The molecule has 0 atom stereocenters. The van der Waals surface area contributed by atoms with Gasteiger partial charge in [0.15, 0.2) is 0 Å². The maximum Gasteiger partial charge on any atom is 0.106 e. The molecule has 1 aromatic heterocycles. The molecule has 2 N–H and O–H groups in total. The van der Waals surface area contributed by atoms with Crippen LogP contribution in [0, 0.1) is 13.8 Å². The molecule has 0 spiro atoms. The van der Waals surface area contributed by atoms with Crippen molar-refractivity contribution in [1.29, 1.82) is 0 Å². The molecular weight excluding hydrogens is 254 g/mol. The Morgan fingerprint density at radius 1 is 1.41 bits per heavy atom. The molecule has 0 bridgehead atoms. The van der Waals surface area contributed by atoms with Crippen molar-refractivity contribution < 1.29 is 0 Å². The average Bonchev–Trinajstić information content (AvgIpc) is 2.59. The van der Waals surface area contributed by atoms with Crippen LogP contribution < -0.4 is 5.73 Å². The number of aromatic nitrogens is 2. The monoisotopic (exact) mass is 265 g/mol. The second-order valence-corrected chi connectivity index (χ2v) is 4.74. The van der Waals surface area contributed by atoms with Crippen molar-refractivity contribution in [3.63, 3.8) is 0 Å². The minimum absolute atomic E-state index is 0.355. The fourth-order valence-electron chi connectivity index (χ4n) is 1.61. The summed E-state index contributed by atoms with van der Waals surface area (Å²) in [5, 5.41) is 4.95. The number of nitrogens with zero attached hydrogens (tertiary/aromatic N) is 2.